The van der Waals surface area contributed by atoms with E-state index in [9.17, 15) is 14.7 Å². The van der Waals surface area contributed by atoms with Gasteiger partial charge in [-0.2, -0.15) is 0 Å². The van der Waals surface area contributed by atoms with E-state index in [0.29, 0.717) is 45.1 Å². The minimum absolute atomic E-state index is 0.0113. The zero-order chi connectivity index (χ0) is 27.0. The number of aromatic nitrogens is 1. The molecule has 1 unspecified atom stereocenters. The molecule has 1 aliphatic heterocycles. The molecular formula is C30H27ClN2O4S. The van der Waals surface area contributed by atoms with E-state index in [0.717, 1.165) is 16.7 Å². The van der Waals surface area contributed by atoms with Crippen LogP contribution in [0.3, 0.4) is 0 Å². The molecule has 1 N–H and O–H groups in total. The zero-order valence-electron chi connectivity index (χ0n) is 21.3. The summed E-state index contributed by atoms with van der Waals surface area (Å²) in [5.74, 6) is -0.873. The minimum Gasteiger partial charge on any atom is -0.507 e. The Morgan fingerprint density at radius 3 is 2.58 bits per heavy atom. The fourth-order valence-electron chi connectivity index (χ4n) is 4.51. The number of ketones is 1. The fraction of sp³-hybridized carbons (Fsp3) is 0.233. The topological polar surface area (TPSA) is 79.7 Å². The molecular weight excluding hydrogens is 520 g/mol. The standard InChI is InChI=1S/C30H27ClN2O4S/c1-4-14-37-22-7-5-6-20(15-22)27(34)25-26(19-10-8-18(9-11-19)17(2)3)33(29(36)28(25)35)30-32-23-13-12-21(31)16-24(23)38-30/h5-13,15-17,26,34H,4,14H2,1-3H3/b27-25+. The number of rotatable bonds is 7. The van der Waals surface area contributed by atoms with Gasteiger partial charge in [0.05, 0.1) is 28.4 Å². The van der Waals surface area contributed by atoms with Crippen molar-refractivity contribution in [1.29, 1.82) is 0 Å². The van der Waals surface area contributed by atoms with Crippen LogP contribution in [0.4, 0.5) is 5.13 Å². The van der Waals surface area contributed by atoms with Crippen LogP contribution in [-0.2, 0) is 9.59 Å². The normalized spacial score (nSPS) is 17.1. The Hall–Kier alpha value is -3.68. The summed E-state index contributed by atoms with van der Waals surface area (Å²) in [6.07, 6.45) is 0.834. The molecule has 0 radical (unpaired) electrons. The first-order chi connectivity index (χ1) is 18.3. The van der Waals surface area contributed by atoms with Crippen LogP contribution in [0, 0.1) is 0 Å². The lowest BCUT2D eigenvalue weighted by Crippen LogP contribution is -2.29. The van der Waals surface area contributed by atoms with Crippen molar-refractivity contribution in [2.45, 2.75) is 39.2 Å². The van der Waals surface area contributed by atoms with Crippen LogP contribution < -0.4 is 9.64 Å². The monoisotopic (exact) mass is 546 g/mol. The highest BCUT2D eigenvalue weighted by Crippen LogP contribution is 2.45. The van der Waals surface area contributed by atoms with Crippen molar-refractivity contribution in [3.8, 4) is 5.75 Å². The predicted molar refractivity (Wildman–Crippen MR) is 152 cm³/mol. The number of Topliss-reactive ketones (excluding diaryl/α,β-unsaturated/α-hetero) is 1. The first kappa shape index (κ1) is 25.9. The smallest absolute Gasteiger partial charge is 0.301 e. The lowest BCUT2D eigenvalue weighted by Gasteiger charge is -2.23. The maximum atomic E-state index is 13.5. The molecule has 1 fully saturated rings. The van der Waals surface area contributed by atoms with Crippen LogP contribution in [0.2, 0.25) is 5.02 Å². The fourth-order valence-corrected chi connectivity index (χ4v) is 5.77. The van der Waals surface area contributed by atoms with Gasteiger partial charge in [-0.3, -0.25) is 14.5 Å². The summed E-state index contributed by atoms with van der Waals surface area (Å²) >= 11 is 7.45. The summed E-state index contributed by atoms with van der Waals surface area (Å²) in [4.78, 5) is 33.0. The molecule has 194 valence electrons. The van der Waals surface area contributed by atoms with Gasteiger partial charge in [0, 0.05) is 10.6 Å². The Morgan fingerprint density at radius 2 is 1.87 bits per heavy atom. The molecule has 1 atom stereocenters. The number of carbonyl (C=O) groups is 2. The van der Waals surface area contributed by atoms with E-state index in [-0.39, 0.29) is 11.3 Å². The zero-order valence-corrected chi connectivity index (χ0v) is 22.8. The van der Waals surface area contributed by atoms with Crippen molar-refractivity contribution >= 4 is 55.7 Å². The number of halogens is 1. The highest BCUT2D eigenvalue weighted by Gasteiger charge is 2.48. The molecule has 3 aromatic carbocycles. The number of aliphatic hydroxyl groups is 1. The maximum absolute atomic E-state index is 13.5. The SMILES string of the molecule is CCCOc1cccc(/C(O)=C2\C(=O)C(=O)N(c3nc4ccc(Cl)cc4s3)C2c2ccc(C(C)C)cc2)c1. The molecule has 6 nitrogen and oxygen atoms in total. The Labute approximate surface area is 230 Å². The van der Waals surface area contributed by atoms with Crippen LogP contribution in [0.1, 0.15) is 55.8 Å². The molecule has 8 heteroatoms. The van der Waals surface area contributed by atoms with Gasteiger partial charge in [0.1, 0.15) is 11.5 Å². The van der Waals surface area contributed by atoms with Gasteiger partial charge in [0.25, 0.3) is 5.78 Å². The summed E-state index contributed by atoms with van der Waals surface area (Å²) in [6, 6.07) is 19.1. The Balaban J connectivity index is 1.68. The van der Waals surface area contributed by atoms with Crippen molar-refractivity contribution in [2.24, 2.45) is 0 Å². The van der Waals surface area contributed by atoms with Crippen LogP contribution in [0.25, 0.3) is 16.0 Å². The number of hydrogen-bond acceptors (Lipinski definition) is 6. The molecule has 2 heterocycles. The van der Waals surface area contributed by atoms with Crippen LogP contribution in [0.5, 0.6) is 5.75 Å². The quantitative estimate of drug-likeness (QED) is 0.147. The first-order valence-electron chi connectivity index (χ1n) is 12.5. The number of hydrogen-bond donors (Lipinski definition) is 1. The number of ether oxygens (including phenoxy) is 1. The van der Waals surface area contributed by atoms with Crippen LogP contribution in [0.15, 0.2) is 72.3 Å². The van der Waals surface area contributed by atoms with Crippen molar-refractivity contribution in [1.82, 2.24) is 4.98 Å². The van der Waals surface area contributed by atoms with Crippen molar-refractivity contribution in [3.63, 3.8) is 0 Å². The largest absolute Gasteiger partial charge is 0.507 e. The van der Waals surface area contributed by atoms with Gasteiger partial charge in [0.2, 0.25) is 0 Å². The Bertz CT molecular complexity index is 1560. The van der Waals surface area contributed by atoms with E-state index < -0.39 is 17.7 Å². The molecule has 1 amide bonds. The second-order valence-electron chi connectivity index (χ2n) is 9.48. The lowest BCUT2D eigenvalue weighted by atomic mass is 9.93. The molecule has 0 spiro atoms. The first-order valence-corrected chi connectivity index (χ1v) is 13.7. The summed E-state index contributed by atoms with van der Waals surface area (Å²) in [5.41, 5.74) is 2.91. The number of fused-ring (bicyclic) bond motifs is 1. The van der Waals surface area contributed by atoms with Gasteiger partial charge in [-0.05, 0) is 53.8 Å². The summed E-state index contributed by atoms with van der Waals surface area (Å²) < 4.78 is 6.52. The number of aliphatic hydroxyl groups excluding tert-OH is 1. The average molecular weight is 547 g/mol. The number of benzene rings is 3. The number of anilines is 1. The van der Waals surface area contributed by atoms with Gasteiger partial charge in [0.15, 0.2) is 5.13 Å². The molecule has 0 saturated carbocycles. The molecule has 0 bridgehead atoms. The van der Waals surface area contributed by atoms with E-state index in [2.05, 4.69) is 18.8 Å². The maximum Gasteiger partial charge on any atom is 0.301 e. The van der Waals surface area contributed by atoms with Crippen molar-refractivity contribution in [2.75, 3.05) is 11.5 Å². The molecule has 5 rings (SSSR count). The highest BCUT2D eigenvalue weighted by molar-refractivity contribution is 7.22. The second-order valence-corrected chi connectivity index (χ2v) is 10.9. The number of carbonyl (C=O) groups excluding carboxylic acids is 2. The van der Waals surface area contributed by atoms with Crippen molar-refractivity contribution < 1.29 is 19.4 Å². The van der Waals surface area contributed by atoms with Gasteiger partial charge in [-0.25, -0.2) is 4.98 Å². The Kier molecular flexibility index (Phi) is 7.23. The average Bonchev–Trinajstić information content (AvgIpc) is 3.44. The highest BCUT2D eigenvalue weighted by atomic mass is 35.5. The van der Waals surface area contributed by atoms with Gasteiger partial charge in [-0.1, -0.05) is 80.1 Å². The Morgan fingerprint density at radius 1 is 1.11 bits per heavy atom. The van der Waals surface area contributed by atoms with E-state index in [1.165, 1.54) is 16.2 Å². The summed E-state index contributed by atoms with van der Waals surface area (Å²) in [5, 5.41) is 12.4. The third kappa shape index (κ3) is 4.79. The van der Waals surface area contributed by atoms with E-state index in [1.807, 2.05) is 31.2 Å². The molecule has 1 aliphatic rings. The second kappa shape index (κ2) is 10.6. The molecule has 1 saturated heterocycles. The number of thiazole rings is 1. The predicted octanol–water partition coefficient (Wildman–Crippen LogP) is 7.49. The number of amides is 1. The van der Waals surface area contributed by atoms with Gasteiger partial charge < -0.3 is 9.84 Å². The van der Waals surface area contributed by atoms with E-state index >= 15 is 0 Å². The molecule has 4 aromatic rings. The van der Waals surface area contributed by atoms with Gasteiger partial charge >= 0.3 is 5.91 Å². The van der Waals surface area contributed by atoms with Crippen molar-refractivity contribution in [3.05, 3.63) is 94.0 Å². The van der Waals surface area contributed by atoms with E-state index in [4.69, 9.17) is 16.3 Å². The number of nitrogens with zero attached hydrogens (tertiary/aromatic N) is 2. The molecule has 1 aromatic heterocycles. The summed E-state index contributed by atoms with van der Waals surface area (Å²) in [6.45, 7) is 6.73. The third-order valence-electron chi connectivity index (χ3n) is 6.49. The van der Waals surface area contributed by atoms with Crippen LogP contribution in [-0.4, -0.2) is 28.4 Å². The summed E-state index contributed by atoms with van der Waals surface area (Å²) in [7, 11) is 0. The van der Waals surface area contributed by atoms with Crippen LogP contribution >= 0.6 is 22.9 Å². The van der Waals surface area contributed by atoms with Gasteiger partial charge in [-0.15, -0.1) is 0 Å². The van der Waals surface area contributed by atoms with E-state index in [1.54, 1.807) is 42.5 Å². The third-order valence-corrected chi connectivity index (χ3v) is 7.74. The molecule has 38 heavy (non-hydrogen) atoms. The lowest BCUT2D eigenvalue weighted by molar-refractivity contribution is -0.132. The minimum atomic E-state index is -0.854. The molecule has 0 aliphatic carbocycles.